The lowest BCUT2D eigenvalue weighted by Crippen LogP contribution is -2.43. The van der Waals surface area contributed by atoms with Crippen molar-refractivity contribution in [3.63, 3.8) is 0 Å². The van der Waals surface area contributed by atoms with E-state index in [1.807, 2.05) is 30.3 Å². The summed E-state index contributed by atoms with van der Waals surface area (Å²) in [6.45, 7) is 1.98. The Bertz CT molecular complexity index is 1120. The summed E-state index contributed by atoms with van der Waals surface area (Å²) in [5, 5.41) is 2.60. The topological polar surface area (TPSA) is 122 Å². The van der Waals surface area contributed by atoms with Crippen LogP contribution < -0.4 is 10.1 Å². The van der Waals surface area contributed by atoms with Crippen LogP contribution in [-0.2, 0) is 20.5 Å². The number of ketones is 1. The molecule has 9 heteroatoms. The zero-order valence-corrected chi connectivity index (χ0v) is 26.5. The standard InChI is InChI=1S/C34H50NO7P/c1-2-3-4-5-6-7-8-9-10-11-12-13-14-15-19-22-33(36)35-32(28-42-43(38,39)40)34(37)30-23-25-31(26-24-30)41-27-29-20-17-16-18-21-29/h9-10,16-18,20-21,23-26,32H,2-8,11-15,19,22,27-28H2,1H3,(H,35,36)(H2,38,39,40)/b10-9-/t32-/m1/s1. The molecule has 0 saturated carbocycles. The number of unbranched alkanes of at least 4 members (excludes halogenated alkanes) is 11. The molecule has 8 nitrogen and oxygen atoms in total. The lowest BCUT2D eigenvalue weighted by Gasteiger charge is -2.18. The van der Waals surface area contributed by atoms with Gasteiger partial charge in [-0.15, -0.1) is 0 Å². The molecule has 2 aromatic rings. The fraction of sp³-hybridized carbons (Fsp3) is 0.529. The van der Waals surface area contributed by atoms with Gasteiger partial charge in [0.2, 0.25) is 5.91 Å². The predicted molar refractivity (Wildman–Crippen MR) is 171 cm³/mol. The number of hydrogen-bond donors (Lipinski definition) is 3. The average Bonchev–Trinajstić information content (AvgIpc) is 3.00. The molecule has 0 heterocycles. The van der Waals surface area contributed by atoms with Crippen molar-refractivity contribution in [2.45, 2.75) is 109 Å². The molecule has 0 spiro atoms. The second kappa shape index (κ2) is 21.8. The quantitative estimate of drug-likeness (QED) is 0.0472. The van der Waals surface area contributed by atoms with Crippen molar-refractivity contribution in [1.82, 2.24) is 5.32 Å². The maximum Gasteiger partial charge on any atom is 0.469 e. The number of phosphoric acid groups is 1. The summed E-state index contributed by atoms with van der Waals surface area (Å²) in [5.74, 6) is -0.286. The van der Waals surface area contributed by atoms with E-state index in [9.17, 15) is 14.2 Å². The number of carbonyl (C=O) groups is 2. The molecule has 0 radical (unpaired) electrons. The lowest BCUT2D eigenvalue weighted by atomic mass is 10.0. The van der Waals surface area contributed by atoms with E-state index < -0.39 is 26.3 Å². The Hall–Kier alpha value is -2.77. The molecule has 0 aliphatic heterocycles. The summed E-state index contributed by atoms with van der Waals surface area (Å²) in [7, 11) is -4.82. The number of ether oxygens (including phenoxy) is 1. The molecule has 3 N–H and O–H groups in total. The van der Waals surface area contributed by atoms with E-state index in [1.54, 1.807) is 24.3 Å². The van der Waals surface area contributed by atoms with E-state index in [0.29, 0.717) is 18.8 Å². The van der Waals surface area contributed by atoms with Crippen molar-refractivity contribution in [2.75, 3.05) is 6.61 Å². The van der Waals surface area contributed by atoms with Crippen LogP contribution in [0.4, 0.5) is 0 Å². The van der Waals surface area contributed by atoms with Gasteiger partial charge in [-0.2, -0.15) is 0 Å². The highest BCUT2D eigenvalue weighted by Gasteiger charge is 2.26. The van der Waals surface area contributed by atoms with Crippen LogP contribution in [0.15, 0.2) is 66.7 Å². The highest BCUT2D eigenvalue weighted by molar-refractivity contribution is 7.46. The number of amides is 1. The van der Waals surface area contributed by atoms with Gasteiger partial charge in [0.05, 0.1) is 6.61 Å². The largest absolute Gasteiger partial charge is 0.489 e. The van der Waals surface area contributed by atoms with Gasteiger partial charge in [-0.25, -0.2) is 4.57 Å². The Labute approximate surface area is 257 Å². The predicted octanol–water partition coefficient (Wildman–Crippen LogP) is 8.08. The lowest BCUT2D eigenvalue weighted by molar-refractivity contribution is -0.121. The summed E-state index contributed by atoms with van der Waals surface area (Å²) >= 11 is 0. The van der Waals surface area contributed by atoms with Crippen molar-refractivity contribution in [1.29, 1.82) is 0 Å². The van der Waals surface area contributed by atoms with Crippen LogP contribution in [0, 0.1) is 0 Å². The first-order valence-corrected chi connectivity index (χ1v) is 17.3. The fourth-order valence-electron chi connectivity index (χ4n) is 4.63. The number of phosphoric ester groups is 1. The van der Waals surface area contributed by atoms with Crippen LogP contribution >= 0.6 is 7.82 Å². The van der Waals surface area contributed by atoms with Crippen LogP contribution in [-0.4, -0.2) is 34.1 Å². The monoisotopic (exact) mass is 615 g/mol. The van der Waals surface area contributed by atoms with Crippen molar-refractivity contribution in [2.24, 2.45) is 0 Å². The minimum Gasteiger partial charge on any atom is -0.489 e. The minimum atomic E-state index is -4.82. The first kappa shape index (κ1) is 36.4. The van der Waals surface area contributed by atoms with E-state index >= 15 is 0 Å². The van der Waals surface area contributed by atoms with Gasteiger partial charge in [0.25, 0.3) is 0 Å². The number of carbonyl (C=O) groups excluding carboxylic acids is 2. The highest BCUT2D eigenvalue weighted by Crippen LogP contribution is 2.35. The van der Waals surface area contributed by atoms with Gasteiger partial charge in [-0.1, -0.05) is 101 Å². The second-order valence-electron chi connectivity index (χ2n) is 10.9. The molecule has 1 atom stereocenters. The molecule has 2 rings (SSSR count). The maximum atomic E-state index is 13.1. The van der Waals surface area contributed by atoms with Crippen molar-refractivity contribution in [3.8, 4) is 5.75 Å². The average molecular weight is 616 g/mol. The fourth-order valence-corrected chi connectivity index (χ4v) is 4.98. The van der Waals surface area contributed by atoms with Gasteiger partial charge in [-0.05, 0) is 61.9 Å². The molecule has 0 bridgehead atoms. The molecule has 0 saturated heterocycles. The van der Waals surface area contributed by atoms with Crippen molar-refractivity contribution in [3.05, 3.63) is 77.9 Å². The van der Waals surface area contributed by atoms with E-state index in [-0.39, 0.29) is 17.9 Å². The summed E-state index contributed by atoms with van der Waals surface area (Å²) in [6, 6.07) is 14.8. The number of hydrogen-bond acceptors (Lipinski definition) is 5. The Morgan fingerprint density at radius 3 is 2.00 bits per heavy atom. The molecular formula is C34H50NO7P. The first-order chi connectivity index (χ1) is 20.8. The van der Waals surface area contributed by atoms with Crippen LogP contribution in [0.3, 0.4) is 0 Å². The third kappa shape index (κ3) is 17.8. The second-order valence-corrected chi connectivity index (χ2v) is 12.1. The van der Waals surface area contributed by atoms with Gasteiger partial charge in [0, 0.05) is 12.0 Å². The Morgan fingerprint density at radius 2 is 1.40 bits per heavy atom. The number of benzene rings is 2. The third-order valence-electron chi connectivity index (χ3n) is 7.11. The SMILES string of the molecule is CCCCCCCC/C=C\CCCCCCCC(=O)N[C@H](COP(=O)(O)O)C(=O)c1ccc(OCc2ccccc2)cc1. The molecule has 0 aliphatic carbocycles. The summed E-state index contributed by atoms with van der Waals surface area (Å²) < 4.78 is 21.6. The van der Waals surface area contributed by atoms with Gasteiger partial charge < -0.3 is 19.8 Å². The zero-order chi connectivity index (χ0) is 31.2. The number of nitrogens with one attached hydrogen (secondary N) is 1. The summed E-state index contributed by atoms with van der Waals surface area (Å²) in [6.07, 6.45) is 19.8. The molecule has 0 fully saturated rings. The van der Waals surface area contributed by atoms with E-state index in [1.165, 1.54) is 44.9 Å². The molecule has 1 amide bonds. The molecule has 0 unspecified atom stereocenters. The van der Waals surface area contributed by atoms with Gasteiger partial charge in [0.15, 0.2) is 5.78 Å². The number of rotatable bonds is 24. The van der Waals surface area contributed by atoms with E-state index in [2.05, 4.69) is 28.9 Å². The maximum absolute atomic E-state index is 13.1. The summed E-state index contributed by atoms with van der Waals surface area (Å²) in [5.41, 5.74) is 1.28. The molecule has 43 heavy (non-hydrogen) atoms. The van der Waals surface area contributed by atoms with Crippen LogP contribution in [0.2, 0.25) is 0 Å². The van der Waals surface area contributed by atoms with E-state index in [4.69, 9.17) is 14.5 Å². The molecule has 2 aromatic carbocycles. The third-order valence-corrected chi connectivity index (χ3v) is 7.60. The van der Waals surface area contributed by atoms with Crippen molar-refractivity contribution >= 4 is 19.5 Å². The Balaban J connectivity index is 1.69. The van der Waals surface area contributed by atoms with Gasteiger partial charge in [0.1, 0.15) is 18.4 Å². The highest BCUT2D eigenvalue weighted by atomic mass is 31.2. The van der Waals surface area contributed by atoms with E-state index in [0.717, 1.165) is 37.7 Å². The Morgan fingerprint density at radius 1 is 0.814 bits per heavy atom. The number of allylic oxidation sites excluding steroid dienone is 2. The minimum absolute atomic E-state index is 0.226. The Kier molecular flexibility index (Phi) is 18.5. The summed E-state index contributed by atoms with van der Waals surface area (Å²) in [4.78, 5) is 44.0. The molecule has 0 aromatic heterocycles. The molecule has 0 aliphatic rings. The van der Waals surface area contributed by atoms with Crippen LogP contribution in [0.5, 0.6) is 5.75 Å². The molecule has 238 valence electrons. The van der Waals surface area contributed by atoms with Crippen LogP contribution in [0.25, 0.3) is 0 Å². The first-order valence-electron chi connectivity index (χ1n) is 15.7. The smallest absolute Gasteiger partial charge is 0.469 e. The zero-order valence-electron chi connectivity index (χ0n) is 25.6. The van der Waals surface area contributed by atoms with Crippen molar-refractivity contribution < 1.29 is 33.2 Å². The van der Waals surface area contributed by atoms with Gasteiger partial charge in [-0.3, -0.25) is 14.1 Å². The van der Waals surface area contributed by atoms with Gasteiger partial charge >= 0.3 is 7.82 Å². The number of Topliss-reactive ketones (excluding diaryl/α,β-unsaturated/α-hetero) is 1. The van der Waals surface area contributed by atoms with Crippen LogP contribution in [0.1, 0.15) is 113 Å². The normalized spacial score (nSPS) is 12.3. The molecular weight excluding hydrogens is 565 g/mol.